The molecule has 1 N–H and O–H groups in total. The van der Waals surface area contributed by atoms with E-state index in [1.54, 1.807) is 24.3 Å². The van der Waals surface area contributed by atoms with E-state index in [4.69, 9.17) is 4.74 Å². The number of ether oxygens (including phenoxy) is 1. The summed E-state index contributed by atoms with van der Waals surface area (Å²) in [4.78, 5) is 24.5. The van der Waals surface area contributed by atoms with Crippen molar-refractivity contribution in [3.05, 3.63) is 102 Å². The highest BCUT2D eigenvalue weighted by Gasteiger charge is 2.39. The molecular weight excluding hydrogens is 340 g/mol. The molecule has 0 aromatic heterocycles. The highest BCUT2D eigenvalue weighted by Crippen LogP contribution is 2.39. The van der Waals surface area contributed by atoms with Gasteiger partial charge in [0.05, 0.1) is 12.8 Å². The molecular formula is C23H20O4. The third-order valence-electron chi connectivity index (χ3n) is 4.53. The standard InChI is InChI=1S/C23H20O4/c24-21(25)16-23(18-10-4-1-5-11-18,19-12-6-2-7-13-19)17-22(26)27-20-14-8-3-9-15-20/h1-15H,16-17H2,(H,24,25). The van der Waals surface area contributed by atoms with Crippen LogP contribution in [-0.4, -0.2) is 17.0 Å². The molecule has 136 valence electrons. The molecule has 0 spiro atoms. The number of benzene rings is 3. The number of carbonyl (C=O) groups is 2. The van der Waals surface area contributed by atoms with Crippen LogP contribution in [-0.2, 0) is 15.0 Å². The van der Waals surface area contributed by atoms with Crippen molar-refractivity contribution < 1.29 is 19.4 Å². The number of carbonyl (C=O) groups excluding carboxylic acids is 1. The Balaban J connectivity index is 2.03. The fourth-order valence-electron chi connectivity index (χ4n) is 3.31. The Labute approximate surface area is 158 Å². The molecule has 4 nitrogen and oxygen atoms in total. The van der Waals surface area contributed by atoms with Gasteiger partial charge >= 0.3 is 11.9 Å². The molecule has 0 heterocycles. The van der Waals surface area contributed by atoms with Crippen molar-refractivity contribution in [3.8, 4) is 5.75 Å². The summed E-state index contributed by atoms with van der Waals surface area (Å²) in [5, 5.41) is 9.62. The zero-order valence-corrected chi connectivity index (χ0v) is 14.7. The predicted octanol–water partition coefficient (Wildman–Crippen LogP) is 4.44. The van der Waals surface area contributed by atoms with E-state index in [2.05, 4.69) is 0 Å². The largest absolute Gasteiger partial charge is 0.481 e. The minimum Gasteiger partial charge on any atom is -0.481 e. The van der Waals surface area contributed by atoms with Gasteiger partial charge in [0.25, 0.3) is 0 Å². The van der Waals surface area contributed by atoms with E-state index >= 15 is 0 Å². The van der Waals surface area contributed by atoms with Crippen molar-refractivity contribution >= 4 is 11.9 Å². The Morgan fingerprint density at radius 3 is 1.59 bits per heavy atom. The van der Waals surface area contributed by atoms with Crippen LogP contribution >= 0.6 is 0 Å². The van der Waals surface area contributed by atoms with Gasteiger partial charge in [-0.3, -0.25) is 9.59 Å². The van der Waals surface area contributed by atoms with Gasteiger partial charge < -0.3 is 9.84 Å². The number of rotatable bonds is 7. The second-order valence-electron chi connectivity index (χ2n) is 6.35. The second-order valence-corrected chi connectivity index (χ2v) is 6.35. The van der Waals surface area contributed by atoms with Crippen molar-refractivity contribution in [2.75, 3.05) is 0 Å². The summed E-state index contributed by atoms with van der Waals surface area (Å²) in [5.74, 6) is -1.02. The van der Waals surface area contributed by atoms with Gasteiger partial charge in [-0.2, -0.15) is 0 Å². The molecule has 0 unspecified atom stereocenters. The van der Waals surface area contributed by atoms with Crippen LogP contribution in [0.15, 0.2) is 91.0 Å². The summed E-state index contributed by atoms with van der Waals surface area (Å²) in [6.07, 6.45) is -0.298. The van der Waals surface area contributed by atoms with E-state index in [9.17, 15) is 14.7 Å². The zero-order valence-electron chi connectivity index (χ0n) is 14.7. The molecule has 27 heavy (non-hydrogen) atoms. The molecule has 0 aliphatic heterocycles. The molecule has 0 fully saturated rings. The minimum absolute atomic E-state index is 0.0811. The van der Waals surface area contributed by atoms with Crippen LogP contribution in [0.1, 0.15) is 24.0 Å². The maximum absolute atomic E-state index is 12.7. The monoisotopic (exact) mass is 360 g/mol. The normalized spacial score (nSPS) is 11.0. The molecule has 0 aliphatic rings. The van der Waals surface area contributed by atoms with Crippen molar-refractivity contribution in [1.29, 1.82) is 0 Å². The maximum Gasteiger partial charge on any atom is 0.312 e. The van der Waals surface area contributed by atoms with Crippen molar-refractivity contribution in [3.63, 3.8) is 0 Å². The van der Waals surface area contributed by atoms with E-state index in [0.717, 1.165) is 11.1 Å². The number of carboxylic acids is 1. The van der Waals surface area contributed by atoms with Crippen molar-refractivity contribution in [2.24, 2.45) is 0 Å². The van der Waals surface area contributed by atoms with Gasteiger partial charge in [0.2, 0.25) is 0 Å². The molecule has 0 radical (unpaired) electrons. The number of para-hydroxylation sites is 1. The van der Waals surface area contributed by atoms with Gasteiger partial charge in [0.1, 0.15) is 5.75 Å². The quantitative estimate of drug-likeness (QED) is 0.500. The smallest absolute Gasteiger partial charge is 0.312 e. The number of hydrogen-bond donors (Lipinski definition) is 1. The SMILES string of the molecule is O=C(O)CC(CC(=O)Oc1ccccc1)(c1ccccc1)c1ccccc1. The summed E-state index contributed by atoms with van der Waals surface area (Å²) in [6, 6.07) is 27.3. The highest BCUT2D eigenvalue weighted by atomic mass is 16.5. The van der Waals surface area contributed by atoms with Crippen LogP contribution in [0, 0.1) is 0 Å². The van der Waals surface area contributed by atoms with Gasteiger partial charge in [0.15, 0.2) is 0 Å². The average Bonchev–Trinajstić information content (AvgIpc) is 2.69. The Kier molecular flexibility index (Phi) is 5.67. The van der Waals surface area contributed by atoms with Crippen molar-refractivity contribution in [2.45, 2.75) is 18.3 Å². The first-order valence-corrected chi connectivity index (χ1v) is 8.69. The van der Waals surface area contributed by atoms with Crippen LogP contribution in [0.2, 0.25) is 0 Å². The van der Waals surface area contributed by atoms with Crippen LogP contribution in [0.25, 0.3) is 0 Å². The molecule has 0 aliphatic carbocycles. The van der Waals surface area contributed by atoms with Crippen LogP contribution in [0.3, 0.4) is 0 Å². The fraction of sp³-hybridized carbons (Fsp3) is 0.130. The third-order valence-corrected chi connectivity index (χ3v) is 4.53. The first-order valence-electron chi connectivity index (χ1n) is 8.69. The maximum atomic E-state index is 12.7. The fourth-order valence-corrected chi connectivity index (χ4v) is 3.31. The predicted molar refractivity (Wildman–Crippen MR) is 103 cm³/mol. The Hall–Kier alpha value is -3.40. The van der Waals surface area contributed by atoms with Gasteiger partial charge in [-0.1, -0.05) is 78.9 Å². The van der Waals surface area contributed by atoms with Gasteiger partial charge in [-0.25, -0.2) is 0 Å². The van der Waals surface area contributed by atoms with Crippen LogP contribution < -0.4 is 4.74 Å². The Bertz CT molecular complexity index is 850. The summed E-state index contributed by atoms with van der Waals surface area (Å²) < 4.78 is 5.46. The molecule has 3 rings (SSSR count). The topological polar surface area (TPSA) is 63.6 Å². The minimum atomic E-state index is -1.01. The first kappa shape index (κ1) is 18.4. The molecule has 4 heteroatoms. The summed E-state index contributed by atoms with van der Waals surface area (Å²) in [7, 11) is 0. The second kappa shape index (κ2) is 8.32. The Morgan fingerprint density at radius 2 is 1.15 bits per heavy atom. The van der Waals surface area contributed by atoms with E-state index < -0.39 is 17.4 Å². The molecule has 0 bridgehead atoms. The number of hydrogen-bond acceptors (Lipinski definition) is 3. The van der Waals surface area contributed by atoms with Crippen LogP contribution in [0.5, 0.6) is 5.75 Å². The number of carboxylic acid groups (broad SMARTS) is 1. The zero-order chi connectivity index (χ0) is 19.1. The lowest BCUT2D eigenvalue weighted by Gasteiger charge is -2.33. The Morgan fingerprint density at radius 1 is 0.704 bits per heavy atom. The number of esters is 1. The molecule has 0 amide bonds. The average molecular weight is 360 g/mol. The van der Waals surface area contributed by atoms with Gasteiger partial charge in [-0.15, -0.1) is 0 Å². The lowest BCUT2D eigenvalue weighted by molar-refractivity contribution is -0.139. The molecule has 3 aromatic rings. The van der Waals surface area contributed by atoms with E-state index in [-0.39, 0.29) is 12.8 Å². The first-order chi connectivity index (χ1) is 13.1. The van der Waals surface area contributed by atoms with Gasteiger partial charge in [0, 0.05) is 5.41 Å². The van der Waals surface area contributed by atoms with E-state index in [1.807, 2.05) is 66.7 Å². The van der Waals surface area contributed by atoms with E-state index in [0.29, 0.717) is 5.75 Å². The highest BCUT2D eigenvalue weighted by molar-refractivity contribution is 5.78. The molecule has 0 atom stereocenters. The molecule has 0 saturated carbocycles. The van der Waals surface area contributed by atoms with Crippen LogP contribution in [0.4, 0.5) is 0 Å². The van der Waals surface area contributed by atoms with Crippen molar-refractivity contribution in [1.82, 2.24) is 0 Å². The molecule has 3 aromatic carbocycles. The van der Waals surface area contributed by atoms with Gasteiger partial charge in [-0.05, 0) is 23.3 Å². The number of aliphatic carboxylic acids is 1. The third kappa shape index (κ3) is 4.42. The molecule has 0 saturated heterocycles. The summed E-state index contributed by atoms with van der Waals surface area (Å²) in [6.45, 7) is 0. The van der Waals surface area contributed by atoms with E-state index in [1.165, 1.54) is 0 Å². The lowest BCUT2D eigenvalue weighted by atomic mass is 9.69. The summed E-state index contributed by atoms with van der Waals surface area (Å²) in [5.41, 5.74) is 0.521. The summed E-state index contributed by atoms with van der Waals surface area (Å²) >= 11 is 0. The lowest BCUT2D eigenvalue weighted by Crippen LogP contribution is -2.35.